The lowest BCUT2D eigenvalue weighted by molar-refractivity contribution is -0.138. The number of nitrogens with one attached hydrogen (secondary N) is 1. The van der Waals surface area contributed by atoms with Crippen molar-refractivity contribution in [2.45, 2.75) is 37.5 Å². The SMILES string of the molecule is NC1C2CCCOC2C1NC(=O)Cc1ccc(Cl)c(Cl)c1. The van der Waals surface area contributed by atoms with Crippen LogP contribution in [0.25, 0.3) is 0 Å². The number of ether oxygens (including phenoxy) is 1. The smallest absolute Gasteiger partial charge is 0.224 e. The summed E-state index contributed by atoms with van der Waals surface area (Å²) in [7, 11) is 0. The monoisotopic (exact) mass is 328 g/mol. The van der Waals surface area contributed by atoms with E-state index in [1.807, 2.05) is 0 Å². The molecule has 3 rings (SSSR count). The van der Waals surface area contributed by atoms with Crippen molar-refractivity contribution in [3.8, 4) is 0 Å². The molecule has 0 spiro atoms. The van der Waals surface area contributed by atoms with E-state index in [0.717, 1.165) is 25.0 Å². The average Bonchev–Trinajstić information content (AvgIpc) is 2.48. The van der Waals surface area contributed by atoms with Gasteiger partial charge in [0.25, 0.3) is 0 Å². The minimum absolute atomic E-state index is 0.00643. The summed E-state index contributed by atoms with van der Waals surface area (Å²) in [5.74, 6) is 0.315. The van der Waals surface area contributed by atoms with Gasteiger partial charge >= 0.3 is 0 Å². The Labute approximate surface area is 133 Å². The fraction of sp³-hybridized carbons (Fsp3) is 0.533. The highest BCUT2D eigenvalue weighted by molar-refractivity contribution is 6.42. The van der Waals surface area contributed by atoms with E-state index in [0.29, 0.717) is 16.0 Å². The van der Waals surface area contributed by atoms with Crippen LogP contribution in [0.1, 0.15) is 18.4 Å². The van der Waals surface area contributed by atoms with Gasteiger partial charge in [-0.05, 0) is 30.5 Å². The van der Waals surface area contributed by atoms with E-state index in [9.17, 15) is 4.79 Å². The highest BCUT2D eigenvalue weighted by Crippen LogP contribution is 2.37. The molecule has 1 amide bonds. The van der Waals surface area contributed by atoms with Crippen LogP contribution in [-0.2, 0) is 16.0 Å². The molecule has 0 radical (unpaired) electrons. The number of rotatable bonds is 3. The molecule has 1 aromatic carbocycles. The molecule has 4 nitrogen and oxygen atoms in total. The lowest BCUT2D eigenvalue weighted by atomic mass is 9.68. The van der Waals surface area contributed by atoms with Crippen LogP contribution in [0.5, 0.6) is 0 Å². The van der Waals surface area contributed by atoms with E-state index < -0.39 is 0 Å². The maximum absolute atomic E-state index is 12.1. The van der Waals surface area contributed by atoms with Crippen LogP contribution < -0.4 is 11.1 Å². The zero-order valence-corrected chi connectivity index (χ0v) is 13.0. The Hall–Kier alpha value is -0.810. The largest absolute Gasteiger partial charge is 0.376 e. The first-order valence-corrected chi connectivity index (χ1v) is 7.92. The van der Waals surface area contributed by atoms with Crippen LogP contribution >= 0.6 is 23.2 Å². The Morgan fingerprint density at radius 2 is 2.19 bits per heavy atom. The van der Waals surface area contributed by atoms with Crippen LogP contribution in [0.3, 0.4) is 0 Å². The lowest BCUT2D eigenvalue weighted by Crippen LogP contribution is -2.72. The number of benzene rings is 1. The van der Waals surface area contributed by atoms with Crippen molar-refractivity contribution < 1.29 is 9.53 Å². The van der Waals surface area contributed by atoms with Gasteiger partial charge in [-0.1, -0.05) is 29.3 Å². The molecule has 114 valence electrons. The Morgan fingerprint density at radius 3 is 2.95 bits per heavy atom. The number of halogens is 2. The summed E-state index contributed by atoms with van der Waals surface area (Å²) in [4.78, 5) is 12.1. The van der Waals surface area contributed by atoms with Crippen molar-refractivity contribution in [3.63, 3.8) is 0 Å². The van der Waals surface area contributed by atoms with Crippen LogP contribution in [0.4, 0.5) is 0 Å². The maximum Gasteiger partial charge on any atom is 0.224 e. The number of carbonyl (C=O) groups excluding carboxylic acids is 1. The molecule has 1 aromatic rings. The maximum atomic E-state index is 12.1. The standard InChI is InChI=1S/C15H18Cl2N2O2/c16-10-4-3-8(6-11(10)17)7-12(20)19-14-13(18)9-2-1-5-21-15(9)14/h3-4,6,9,13-15H,1-2,5,7,18H2,(H,19,20). The Balaban J connectivity index is 1.58. The van der Waals surface area contributed by atoms with E-state index >= 15 is 0 Å². The Kier molecular flexibility index (Phi) is 4.41. The number of amides is 1. The highest BCUT2D eigenvalue weighted by Gasteiger charge is 2.50. The molecule has 2 fully saturated rings. The molecular weight excluding hydrogens is 311 g/mol. The first-order valence-electron chi connectivity index (χ1n) is 7.17. The molecular formula is C15H18Cl2N2O2. The summed E-state index contributed by atoms with van der Waals surface area (Å²) in [6, 6.07) is 5.12. The molecule has 3 N–H and O–H groups in total. The van der Waals surface area contributed by atoms with Crippen LogP contribution in [-0.4, -0.2) is 30.7 Å². The van der Waals surface area contributed by atoms with Crippen molar-refractivity contribution in [2.75, 3.05) is 6.61 Å². The molecule has 1 aliphatic heterocycles. The first-order chi connectivity index (χ1) is 10.1. The molecule has 1 heterocycles. The predicted octanol–water partition coefficient (Wildman–Crippen LogP) is 2.16. The quantitative estimate of drug-likeness (QED) is 0.893. The topological polar surface area (TPSA) is 64.3 Å². The highest BCUT2D eigenvalue weighted by atomic mass is 35.5. The predicted molar refractivity (Wildman–Crippen MR) is 82.5 cm³/mol. The minimum Gasteiger partial charge on any atom is -0.376 e. The van der Waals surface area contributed by atoms with Gasteiger partial charge in [0.2, 0.25) is 5.91 Å². The molecule has 4 unspecified atom stereocenters. The second kappa shape index (κ2) is 6.13. The van der Waals surface area contributed by atoms with Gasteiger partial charge in [-0.3, -0.25) is 4.79 Å². The molecule has 1 saturated heterocycles. The van der Waals surface area contributed by atoms with E-state index in [1.54, 1.807) is 18.2 Å². The first kappa shape index (κ1) is 15.1. The molecule has 1 aliphatic carbocycles. The average molecular weight is 329 g/mol. The number of hydrogen-bond acceptors (Lipinski definition) is 3. The second-order valence-electron chi connectivity index (χ2n) is 5.74. The molecule has 4 atom stereocenters. The Bertz CT molecular complexity index is 552. The van der Waals surface area contributed by atoms with Gasteiger partial charge in [-0.25, -0.2) is 0 Å². The zero-order valence-electron chi connectivity index (χ0n) is 11.5. The number of fused-ring (bicyclic) bond motifs is 1. The summed E-state index contributed by atoms with van der Waals surface area (Å²) in [5.41, 5.74) is 6.96. The normalized spacial score (nSPS) is 31.2. The van der Waals surface area contributed by atoms with Crippen LogP contribution in [0, 0.1) is 5.92 Å². The van der Waals surface area contributed by atoms with E-state index in [1.165, 1.54) is 0 Å². The van der Waals surface area contributed by atoms with Gasteiger partial charge in [0.1, 0.15) is 0 Å². The van der Waals surface area contributed by atoms with E-state index in [2.05, 4.69) is 5.32 Å². The molecule has 6 heteroatoms. The molecule has 21 heavy (non-hydrogen) atoms. The number of nitrogens with two attached hydrogens (primary N) is 1. The number of hydrogen-bond donors (Lipinski definition) is 2. The fourth-order valence-corrected chi connectivity index (χ4v) is 3.52. The Morgan fingerprint density at radius 1 is 1.38 bits per heavy atom. The van der Waals surface area contributed by atoms with Gasteiger partial charge in [0.15, 0.2) is 0 Å². The van der Waals surface area contributed by atoms with Gasteiger partial charge in [0.05, 0.1) is 28.6 Å². The summed E-state index contributed by atoms with van der Waals surface area (Å²) in [5, 5.41) is 3.93. The summed E-state index contributed by atoms with van der Waals surface area (Å²) in [6.45, 7) is 0.757. The minimum atomic E-state index is -0.0782. The van der Waals surface area contributed by atoms with Gasteiger partial charge < -0.3 is 15.8 Å². The van der Waals surface area contributed by atoms with Gasteiger partial charge in [-0.2, -0.15) is 0 Å². The third-order valence-electron chi connectivity index (χ3n) is 4.35. The molecule has 1 saturated carbocycles. The fourth-order valence-electron chi connectivity index (χ4n) is 3.20. The lowest BCUT2D eigenvalue weighted by Gasteiger charge is -2.52. The zero-order chi connectivity index (χ0) is 15.0. The van der Waals surface area contributed by atoms with E-state index in [-0.39, 0.29) is 30.5 Å². The van der Waals surface area contributed by atoms with Crippen LogP contribution in [0.2, 0.25) is 10.0 Å². The summed E-state index contributed by atoms with van der Waals surface area (Å²) < 4.78 is 5.71. The van der Waals surface area contributed by atoms with Crippen molar-refractivity contribution in [3.05, 3.63) is 33.8 Å². The van der Waals surface area contributed by atoms with Gasteiger partial charge in [-0.15, -0.1) is 0 Å². The van der Waals surface area contributed by atoms with E-state index in [4.69, 9.17) is 33.7 Å². The van der Waals surface area contributed by atoms with Gasteiger partial charge in [0, 0.05) is 18.6 Å². The third-order valence-corrected chi connectivity index (χ3v) is 5.09. The van der Waals surface area contributed by atoms with Crippen molar-refractivity contribution in [1.29, 1.82) is 0 Å². The van der Waals surface area contributed by atoms with Crippen molar-refractivity contribution in [1.82, 2.24) is 5.32 Å². The van der Waals surface area contributed by atoms with Crippen LogP contribution in [0.15, 0.2) is 18.2 Å². The molecule has 2 aliphatic rings. The molecule has 0 bridgehead atoms. The van der Waals surface area contributed by atoms with Crippen molar-refractivity contribution in [2.24, 2.45) is 11.7 Å². The molecule has 0 aromatic heterocycles. The second-order valence-corrected chi connectivity index (χ2v) is 6.55. The van der Waals surface area contributed by atoms with Crippen molar-refractivity contribution >= 4 is 29.1 Å². The summed E-state index contributed by atoms with van der Waals surface area (Å²) in [6.07, 6.45) is 2.48. The number of carbonyl (C=O) groups is 1. The summed E-state index contributed by atoms with van der Waals surface area (Å²) >= 11 is 11.8. The third kappa shape index (κ3) is 3.04.